The molecule has 1 aromatic heterocycles. The number of benzene rings is 2. The second-order valence-electron chi connectivity index (χ2n) is 4.41. The second kappa shape index (κ2) is 4.90. The van der Waals surface area contributed by atoms with Crippen LogP contribution in [0.5, 0.6) is 5.75 Å². The fraction of sp³-hybridized carbons (Fsp3) is 0.0667. The van der Waals surface area contributed by atoms with Gasteiger partial charge in [0.05, 0.1) is 23.9 Å². The van der Waals surface area contributed by atoms with Crippen LogP contribution in [0.3, 0.4) is 0 Å². The summed E-state index contributed by atoms with van der Waals surface area (Å²) in [6.45, 7) is 0. The number of nitrogens with zero attached hydrogens (tertiary/aromatic N) is 2. The lowest BCUT2D eigenvalue weighted by Gasteiger charge is -2.10. The molecule has 3 aromatic rings. The van der Waals surface area contributed by atoms with Gasteiger partial charge in [0, 0.05) is 6.07 Å². The average Bonchev–Trinajstić information content (AvgIpc) is 2.90. The number of aromatic nitrogens is 2. The fourth-order valence-corrected chi connectivity index (χ4v) is 2.25. The minimum Gasteiger partial charge on any atom is -0.494 e. The van der Waals surface area contributed by atoms with Crippen molar-refractivity contribution in [3.63, 3.8) is 0 Å². The summed E-state index contributed by atoms with van der Waals surface area (Å²) in [4.78, 5) is 15.4. The normalized spacial score (nSPS) is 10.8. The molecular weight excluding hydrogens is 275 g/mol. The largest absolute Gasteiger partial charge is 0.494 e. The lowest BCUT2D eigenvalue weighted by Crippen LogP contribution is -1.99. The molecule has 0 radical (unpaired) electrons. The quantitative estimate of drug-likeness (QED) is 0.804. The van der Waals surface area contributed by atoms with E-state index in [1.165, 1.54) is 31.6 Å². The van der Waals surface area contributed by atoms with Gasteiger partial charge < -0.3 is 9.84 Å². The van der Waals surface area contributed by atoms with Crippen molar-refractivity contribution in [2.45, 2.75) is 0 Å². The number of hydrogen-bond donors (Lipinski definition) is 1. The maximum absolute atomic E-state index is 13.3. The number of ether oxygens (including phenoxy) is 1. The molecule has 1 heterocycles. The number of methoxy groups -OCH3 is 1. The zero-order chi connectivity index (χ0) is 15.0. The van der Waals surface area contributed by atoms with Crippen molar-refractivity contribution in [1.82, 2.24) is 9.55 Å². The number of carboxylic acid groups (broad SMARTS) is 1. The molecule has 0 fully saturated rings. The Labute approximate surface area is 119 Å². The minimum atomic E-state index is -1.04. The van der Waals surface area contributed by atoms with Crippen LogP contribution in [0.1, 0.15) is 10.4 Å². The molecule has 21 heavy (non-hydrogen) atoms. The molecule has 5 nitrogen and oxygen atoms in total. The van der Waals surface area contributed by atoms with Gasteiger partial charge in [-0.15, -0.1) is 0 Å². The fourth-order valence-electron chi connectivity index (χ4n) is 2.25. The maximum atomic E-state index is 13.3. The summed E-state index contributed by atoms with van der Waals surface area (Å²) < 4.78 is 20.1. The molecule has 0 spiro atoms. The SMILES string of the molecule is COc1cc(F)ccc1-n1cnc2c(C(=O)O)cccc21. The first kappa shape index (κ1) is 13.1. The monoisotopic (exact) mass is 286 g/mol. The maximum Gasteiger partial charge on any atom is 0.337 e. The van der Waals surface area contributed by atoms with Crippen LogP contribution in [0.2, 0.25) is 0 Å². The molecule has 0 aliphatic rings. The van der Waals surface area contributed by atoms with E-state index in [1.807, 2.05) is 0 Å². The lowest BCUT2D eigenvalue weighted by atomic mass is 10.2. The van der Waals surface area contributed by atoms with E-state index < -0.39 is 11.8 Å². The van der Waals surface area contributed by atoms with E-state index in [2.05, 4.69) is 4.98 Å². The summed E-state index contributed by atoms with van der Waals surface area (Å²) in [6.07, 6.45) is 1.49. The van der Waals surface area contributed by atoms with Crippen molar-refractivity contribution < 1.29 is 19.0 Å². The number of carbonyl (C=O) groups is 1. The Morgan fingerprint density at radius 2 is 2.14 bits per heavy atom. The number of hydrogen-bond acceptors (Lipinski definition) is 3. The highest BCUT2D eigenvalue weighted by atomic mass is 19.1. The first-order valence-electron chi connectivity index (χ1n) is 6.15. The number of rotatable bonds is 3. The van der Waals surface area contributed by atoms with Gasteiger partial charge in [-0.05, 0) is 24.3 Å². The van der Waals surface area contributed by atoms with Gasteiger partial charge in [-0.2, -0.15) is 0 Å². The molecule has 0 aliphatic heterocycles. The Hall–Kier alpha value is -2.89. The lowest BCUT2D eigenvalue weighted by molar-refractivity contribution is 0.0699. The summed E-state index contributed by atoms with van der Waals surface area (Å²) in [5, 5.41) is 9.18. The number of halogens is 1. The van der Waals surface area contributed by atoms with Gasteiger partial charge in [-0.25, -0.2) is 14.2 Å². The van der Waals surface area contributed by atoms with Crippen LogP contribution in [0.25, 0.3) is 16.7 Å². The Balaban J connectivity index is 2.27. The highest BCUT2D eigenvalue weighted by molar-refractivity contribution is 6.01. The van der Waals surface area contributed by atoms with Gasteiger partial charge in [-0.3, -0.25) is 4.57 Å². The molecule has 106 valence electrons. The van der Waals surface area contributed by atoms with Gasteiger partial charge in [-0.1, -0.05) is 6.07 Å². The van der Waals surface area contributed by atoms with Crippen molar-refractivity contribution in [2.75, 3.05) is 7.11 Å². The van der Waals surface area contributed by atoms with Crippen LogP contribution in [0.4, 0.5) is 4.39 Å². The van der Waals surface area contributed by atoms with E-state index in [0.717, 1.165) is 0 Å². The van der Waals surface area contributed by atoms with Gasteiger partial charge in [0.2, 0.25) is 0 Å². The smallest absolute Gasteiger partial charge is 0.337 e. The molecule has 0 saturated carbocycles. The van der Waals surface area contributed by atoms with Crippen molar-refractivity contribution in [2.24, 2.45) is 0 Å². The third-order valence-corrected chi connectivity index (χ3v) is 3.21. The van der Waals surface area contributed by atoms with Crippen LogP contribution in [0, 0.1) is 5.82 Å². The van der Waals surface area contributed by atoms with Gasteiger partial charge in [0.15, 0.2) is 0 Å². The predicted molar refractivity (Wildman–Crippen MR) is 74.5 cm³/mol. The molecule has 0 saturated heterocycles. The first-order valence-corrected chi connectivity index (χ1v) is 6.15. The van der Waals surface area contributed by atoms with Gasteiger partial charge in [0.1, 0.15) is 23.4 Å². The molecule has 0 amide bonds. The molecular formula is C15H11FN2O3. The van der Waals surface area contributed by atoms with Crippen molar-refractivity contribution in [3.8, 4) is 11.4 Å². The van der Waals surface area contributed by atoms with Crippen molar-refractivity contribution >= 4 is 17.0 Å². The summed E-state index contributed by atoms with van der Waals surface area (Å²) in [5.74, 6) is -1.11. The first-order chi connectivity index (χ1) is 10.1. The zero-order valence-corrected chi connectivity index (χ0v) is 11.1. The Bertz CT molecular complexity index is 842. The van der Waals surface area contributed by atoms with Crippen LogP contribution in [-0.4, -0.2) is 27.7 Å². The number of aromatic carboxylic acids is 1. The molecule has 0 unspecified atom stereocenters. The molecule has 2 aromatic carbocycles. The molecule has 3 rings (SSSR count). The van der Waals surface area contributed by atoms with Crippen molar-refractivity contribution in [1.29, 1.82) is 0 Å². The molecule has 6 heteroatoms. The Morgan fingerprint density at radius 3 is 2.86 bits per heavy atom. The van der Waals surface area contributed by atoms with E-state index in [0.29, 0.717) is 22.5 Å². The standard InChI is InChI=1S/C15H11FN2O3/c1-21-13-7-9(16)5-6-11(13)18-8-17-14-10(15(19)20)3-2-4-12(14)18/h2-8H,1H3,(H,19,20). The number of fused-ring (bicyclic) bond motifs is 1. The summed E-state index contributed by atoms with van der Waals surface area (Å²) >= 11 is 0. The topological polar surface area (TPSA) is 64.4 Å². The summed E-state index contributed by atoms with van der Waals surface area (Å²) in [6, 6.07) is 9.01. The van der Waals surface area contributed by atoms with Crippen molar-refractivity contribution in [3.05, 3.63) is 54.1 Å². The number of imidazole rings is 1. The Morgan fingerprint density at radius 1 is 1.33 bits per heavy atom. The van der Waals surface area contributed by atoms with E-state index in [-0.39, 0.29) is 5.56 Å². The highest BCUT2D eigenvalue weighted by Crippen LogP contribution is 2.28. The Kier molecular flexibility index (Phi) is 3.06. The molecule has 0 bridgehead atoms. The summed E-state index contributed by atoms with van der Waals surface area (Å²) in [5.41, 5.74) is 1.69. The third kappa shape index (κ3) is 2.10. The predicted octanol–water partition coefficient (Wildman–Crippen LogP) is 2.87. The number of para-hydroxylation sites is 1. The number of carboxylic acids is 1. The van der Waals surface area contributed by atoms with E-state index >= 15 is 0 Å². The molecule has 0 atom stereocenters. The average molecular weight is 286 g/mol. The van der Waals surface area contributed by atoms with E-state index in [4.69, 9.17) is 4.74 Å². The van der Waals surface area contributed by atoms with Crippen LogP contribution in [0.15, 0.2) is 42.7 Å². The summed E-state index contributed by atoms with van der Waals surface area (Å²) in [7, 11) is 1.44. The van der Waals surface area contributed by atoms with E-state index in [1.54, 1.807) is 22.8 Å². The second-order valence-corrected chi connectivity index (χ2v) is 4.41. The zero-order valence-electron chi connectivity index (χ0n) is 11.1. The highest BCUT2D eigenvalue weighted by Gasteiger charge is 2.15. The minimum absolute atomic E-state index is 0.118. The van der Waals surface area contributed by atoms with Crippen LogP contribution >= 0.6 is 0 Å². The third-order valence-electron chi connectivity index (χ3n) is 3.21. The van der Waals surface area contributed by atoms with Gasteiger partial charge >= 0.3 is 5.97 Å². The van der Waals surface area contributed by atoms with E-state index in [9.17, 15) is 14.3 Å². The molecule has 0 aliphatic carbocycles. The molecule has 1 N–H and O–H groups in total. The van der Waals surface area contributed by atoms with Gasteiger partial charge in [0.25, 0.3) is 0 Å². The van der Waals surface area contributed by atoms with Crippen LogP contribution < -0.4 is 4.74 Å². The van der Waals surface area contributed by atoms with Crippen LogP contribution in [-0.2, 0) is 0 Å².